The lowest BCUT2D eigenvalue weighted by molar-refractivity contribution is 0.832. The Morgan fingerprint density at radius 1 is 1.00 bits per heavy atom. The highest BCUT2D eigenvalue weighted by molar-refractivity contribution is 5.53. The summed E-state index contributed by atoms with van der Waals surface area (Å²) in [5, 5.41) is 16.0. The Hall–Kier alpha value is -3.02. The van der Waals surface area contributed by atoms with Gasteiger partial charge in [0.25, 0.3) is 5.95 Å². The number of anilines is 1. The summed E-state index contributed by atoms with van der Waals surface area (Å²) in [5.41, 5.74) is 3.25. The molecule has 6 nitrogen and oxygen atoms in total. The number of azo groups is 1. The van der Waals surface area contributed by atoms with Gasteiger partial charge in [-0.25, -0.2) is 0 Å². The molecule has 24 heavy (non-hydrogen) atoms. The quantitative estimate of drug-likeness (QED) is 0.638. The molecule has 0 saturated carbocycles. The molecule has 0 N–H and O–H groups in total. The Bertz CT molecular complexity index is 792. The van der Waals surface area contributed by atoms with Crippen LogP contribution in [0.1, 0.15) is 12.5 Å². The Morgan fingerprint density at radius 2 is 1.75 bits per heavy atom. The summed E-state index contributed by atoms with van der Waals surface area (Å²) in [6, 6.07) is 18.5. The molecule has 0 spiro atoms. The summed E-state index contributed by atoms with van der Waals surface area (Å²) in [7, 11) is 1.83. The average Bonchev–Trinajstić information content (AvgIpc) is 3.04. The molecule has 3 rings (SSSR count). The third kappa shape index (κ3) is 3.84. The number of aromatic nitrogens is 3. The van der Waals surface area contributed by atoms with E-state index < -0.39 is 0 Å². The first kappa shape index (κ1) is 15.9. The van der Waals surface area contributed by atoms with Crippen molar-refractivity contribution in [3.63, 3.8) is 0 Å². The van der Waals surface area contributed by atoms with Gasteiger partial charge in [-0.1, -0.05) is 30.3 Å². The molecule has 3 aromatic rings. The van der Waals surface area contributed by atoms with Gasteiger partial charge < -0.3 is 9.47 Å². The second-order valence-electron chi connectivity index (χ2n) is 5.46. The van der Waals surface area contributed by atoms with Crippen molar-refractivity contribution in [2.45, 2.75) is 13.5 Å². The lowest BCUT2D eigenvalue weighted by Crippen LogP contribution is -2.21. The maximum Gasteiger partial charge on any atom is 0.269 e. The van der Waals surface area contributed by atoms with Gasteiger partial charge in [0.05, 0.1) is 5.69 Å². The van der Waals surface area contributed by atoms with Gasteiger partial charge in [-0.05, 0) is 36.8 Å². The lowest BCUT2D eigenvalue weighted by atomic mass is 10.2. The monoisotopic (exact) mass is 320 g/mol. The predicted molar refractivity (Wildman–Crippen MR) is 94.8 cm³/mol. The van der Waals surface area contributed by atoms with E-state index in [1.165, 1.54) is 11.3 Å². The van der Waals surface area contributed by atoms with E-state index in [1.54, 1.807) is 10.9 Å². The molecular weight excluding hydrogens is 300 g/mol. The van der Waals surface area contributed by atoms with Crippen molar-refractivity contribution >= 4 is 17.3 Å². The van der Waals surface area contributed by atoms with Crippen molar-refractivity contribution in [2.24, 2.45) is 17.3 Å². The number of benzene rings is 2. The molecule has 0 amide bonds. The molecule has 0 fully saturated rings. The van der Waals surface area contributed by atoms with Gasteiger partial charge in [0.2, 0.25) is 0 Å². The van der Waals surface area contributed by atoms with Crippen LogP contribution in [-0.4, -0.2) is 21.3 Å². The van der Waals surface area contributed by atoms with Crippen molar-refractivity contribution < 1.29 is 0 Å². The minimum atomic E-state index is 0.485. The van der Waals surface area contributed by atoms with Crippen molar-refractivity contribution in [1.29, 1.82) is 0 Å². The smallest absolute Gasteiger partial charge is 0.269 e. The maximum atomic E-state index is 4.20. The zero-order valence-electron chi connectivity index (χ0n) is 13.9. The maximum absolute atomic E-state index is 4.20. The van der Waals surface area contributed by atoms with Gasteiger partial charge in [-0.3, -0.25) is 0 Å². The van der Waals surface area contributed by atoms with Crippen LogP contribution in [0.5, 0.6) is 0 Å². The summed E-state index contributed by atoms with van der Waals surface area (Å²) in [6.45, 7) is 3.98. The van der Waals surface area contributed by atoms with Crippen LogP contribution in [0.15, 0.2) is 71.2 Å². The summed E-state index contributed by atoms with van der Waals surface area (Å²) < 4.78 is 1.72. The molecule has 0 radical (unpaired) electrons. The first-order valence-electron chi connectivity index (χ1n) is 7.91. The van der Waals surface area contributed by atoms with E-state index in [-0.39, 0.29) is 0 Å². The molecule has 0 aliphatic heterocycles. The molecule has 6 heteroatoms. The van der Waals surface area contributed by atoms with Crippen LogP contribution in [0, 0.1) is 0 Å². The molecule has 0 bridgehead atoms. The zero-order valence-corrected chi connectivity index (χ0v) is 13.9. The average molecular weight is 320 g/mol. The molecule has 0 aliphatic carbocycles. The number of hydrogen-bond donors (Lipinski definition) is 0. The highest BCUT2D eigenvalue weighted by Crippen LogP contribution is 2.22. The standard InChI is InChI=1S/C18H20N6/c1-3-24(13-15-7-5-4-6-8-15)17-11-9-16(10-12-17)20-22-18-21-19-14-23(18)2/h4-12,14H,3,13H2,1-2H3/b22-20+. The van der Waals surface area contributed by atoms with Gasteiger partial charge in [-0.15, -0.1) is 20.4 Å². The summed E-state index contributed by atoms with van der Waals surface area (Å²) in [5.74, 6) is 0.485. The fraction of sp³-hybridized carbons (Fsp3) is 0.222. The van der Waals surface area contributed by atoms with E-state index in [0.29, 0.717) is 5.95 Å². The topological polar surface area (TPSA) is 58.7 Å². The van der Waals surface area contributed by atoms with E-state index in [0.717, 1.165) is 18.8 Å². The van der Waals surface area contributed by atoms with Crippen molar-refractivity contribution in [3.05, 3.63) is 66.5 Å². The van der Waals surface area contributed by atoms with Crippen LogP contribution in [-0.2, 0) is 13.6 Å². The Morgan fingerprint density at radius 3 is 2.38 bits per heavy atom. The second kappa shape index (κ2) is 7.50. The molecule has 1 aromatic heterocycles. The minimum absolute atomic E-state index is 0.485. The molecule has 1 heterocycles. The minimum Gasteiger partial charge on any atom is -0.367 e. The number of hydrogen-bond acceptors (Lipinski definition) is 5. The molecule has 0 aliphatic rings. The van der Waals surface area contributed by atoms with E-state index in [9.17, 15) is 0 Å². The number of nitrogens with zero attached hydrogens (tertiary/aromatic N) is 6. The first-order valence-corrected chi connectivity index (χ1v) is 7.91. The molecular formula is C18H20N6. The van der Waals surface area contributed by atoms with Crippen LogP contribution >= 0.6 is 0 Å². The number of rotatable bonds is 6. The van der Waals surface area contributed by atoms with Crippen molar-refractivity contribution in [1.82, 2.24) is 14.8 Å². The highest BCUT2D eigenvalue weighted by Gasteiger charge is 2.05. The van der Waals surface area contributed by atoms with E-state index >= 15 is 0 Å². The fourth-order valence-corrected chi connectivity index (χ4v) is 2.39. The third-order valence-electron chi connectivity index (χ3n) is 3.76. The van der Waals surface area contributed by atoms with Crippen LogP contribution in [0.4, 0.5) is 17.3 Å². The zero-order chi connectivity index (χ0) is 16.8. The van der Waals surface area contributed by atoms with E-state index in [2.05, 4.69) is 68.6 Å². The molecule has 122 valence electrons. The highest BCUT2D eigenvalue weighted by atomic mass is 15.3. The van der Waals surface area contributed by atoms with Crippen LogP contribution in [0.3, 0.4) is 0 Å². The predicted octanol–water partition coefficient (Wildman–Crippen LogP) is 4.26. The Kier molecular flexibility index (Phi) is 4.96. The lowest BCUT2D eigenvalue weighted by Gasteiger charge is -2.23. The SMILES string of the molecule is CCN(Cc1ccccc1)c1ccc(/N=N/c2nncn2C)cc1. The van der Waals surface area contributed by atoms with Gasteiger partial charge in [0.15, 0.2) is 0 Å². The van der Waals surface area contributed by atoms with Crippen LogP contribution in [0.2, 0.25) is 0 Å². The van der Waals surface area contributed by atoms with Gasteiger partial charge in [0.1, 0.15) is 6.33 Å². The van der Waals surface area contributed by atoms with Crippen molar-refractivity contribution in [3.8, 4) is 0 Å². The van der Waals surface area contributed by atoms with Crippen molar-refractivity contribution in [2.75, 3.05) is 11.4 Å². The Balaban J connectivity index is 1.71. The van der Waals surface area contributed by atoms with Gasteiger partial charge in [-0.2, -0.15) is 0 Å². The summed E-state index contributed by atoms with van der Waals surface area (Å²) >= 11 is 0. The Labute approximate surface area is 141 Å². The van der Waals surface area contributed by atoms with E-state index in [1.807, 2.05) is 25.2 Å². The first-order chi connectivity index (χ1) is 11.8. The fourth-order valence-electron chi connectivity index (χ4n) is 2.39. The van der Waals surface area contributed by atoms with E-state index in [4.69, 9.17) is 0 Å². The van der Waals surface area contributed by atoms with Crippen LogP contribution in [0.25, 0.3) is 0 Å². The van der Waals surface area contributed by atoms with Crippen LogP contribution < -0.4 is 4.90 Å². The normalized spacial score (nSPS) is 11.1. The number of aryl methyl sites for hydroxylation is 1. The van der Waals surface area contributed by atoms with Gasteiger partial charge >= 0.3 is 0 Å². The molecule has 2 aromatic carbocycles. The molecule has 0 saturated heterocycles. The largest absolute Gasteiger partial charge is 0.367 e. The summed E-state index contributed by atoms with van der Waals surface area (Å²) in [4.78, 5) is 2.32. The third-order valence-corrected chi connectivity index (χ3v) is 3.76. The van der Waals surface area contributed by atoms with Gasteiger partial charge in [0, 0.05) is 25.8 Å². The molecule has 0 unspecified atom stereocenters. The summed E-state index contributed by atoms with van der Waals surface area (Å²) in [6.07, 6.45) is 1.60. The molecule has 0 atom stereocenters. The second-order valence-corrected chi connectivity index (χ2v) is 5.46.